The lowest BCUT2D eigenvalue weighted by atomic mass is 10.2. The third-order valence-corrected chi connectivity index (χ3v) is 4.65. The number of nitrogens with zero attached hydrogens (tertiary/aromatic N) is 1. The Bertz CT molecular complexity index is 705. The Morgan fingerprint density at radius 1 is 1.21 bits per heavy atom. The quantitative estimate of drug-likeness (QED) is 0.868. The SMILES string of the molecule is Cc1ccc(NC(=O)CN2CCC(Nc3ccccc3)C2)cc1Cl. The highest BCUT2D eigenvalue weighted by atomic mass is 35.5. The number of hydrogen-bond donors (Lipinski definition) is 2. The lowest BCUT2D eigenvalue weighted by Crippen LogP contribution is -2.33. The van der Waals surface area contributed by atoms with Gasteiger partial charge in [0, 0.05) is 35.5 Å². The summed E-state index contributed by atoms with van der Waals surface area (Å²) >= 11 is 6.09. The predicted molar refractivity (Wildman–Crippen MR) is 99.7 cm³/mol. The van der Waals surface area contributed by atoms with E-state index in [1.165, 1.54) is 0 Å². The van der Waals surface area contributed by atoms with Gasteiger partial charge in [-0.2, -0.15) is 0 Å². The molecule has 1 fully saturated rings. The topological polar surface area (TPSA) is 44.4 Å². The lowest BCUT2D eigenvalue weighted by molar-refractivity contribution is -0.117. The molecule has 0 radical (unpaired) electrons. The molecule has 24 heavy (non-hydrogen) atoms. The molecule has 0 saturated carbocycles. The van der Waals surface area contributed by atoms with E-state index in [0.29, 0.717) is 17.6 Å². The van der Waals surface area contributed by atoms with Crippen LogP contribution in [0.3, 0.4) is 0 Å². The molecular weight excluding hydrogens is 322 g/mol. The number of para-hydroxylation sites is 1. The van der Waals surface area contributed by atoms with Gasteiger partial charge in [0.05, 0.1) is 6.54 Å². The van der Waals surface area contributed by atoms with Crippen LogP contribution < -0.4 is 10.6 Å². The van der Waals surface area contributed by atoms with Crippen molar-refractivity contribution in [2.24, 2.45) is 0 Å². The second kappa shape index (κ2) is 7.69. The number of aryl methyl sites for hydroxylation is 1. The number of rotatable bonds is 5. The van der Waals surface area contributed by atoms with Gasteiger partial charge >= 0.3 is 0 Å². The molecule has 0 spiro atoms. The summed E-state index contributed by atoms with van der Waals surface area (Å²) < 4.78 is 0. The molecule has 1 aliphatic heterocycles. The maximum atomic E-state index is 12.2. The van der Waals surface area contributed by atoms with Gasteiger partial charge in [0.2, 0.25) is 5.91 Å². The van der Waals surface area contributed by atoms with Gasteiger partial charge in [0.1, 0.15) is 0 Å². The molecular formula is C19H22ClN3O. The zero-order chi connectivity index (χ0) is 16.9. The van der Waals surface area contributed by atoms with Crippen LogP contribution in [0, 0.1) is 6.92 Å². The molecule has 0 aromatic heterocycles. The van der Waals surface area contributed by atoms with Gasteiger partial charge in [-0.15, -0.1) is 0 Å². The fourth-order valence-electron chi connectivity index (χ4n) is 2.94. The third kappa shape index (κ3) is 4.49. The van der Waals surface area contributed by atoms with Crippen LogP contribution in [0.4, 0.5) is 11.4 Å². The van der Waals surface area contributed by atoms with Crippen molar-refractivity contribution >= 4 is 28.9 Å². The summed E-state index contributed by atoms with van der Waals surface area (Å²) in [6.45, 7) is 4.14. The van der Waals surface area contributed by atoms with Crippen molar-refractivity contribution in [3.8, 4) is 0 Å². The summed E-state index contributed by atoms with van der Waals surface area (Å²) in [5.41, 5.74) is 2.88. The van der Waals surface area contributed by atoms with Crippen LogP contribution >= 0.6 is 11.6 Å². The molecule has 1 atom stereocenters. The number of amides is 1. The molecule has 1 saturated heterocycles. The first-order valence-electron chi connectivity index (χ1n) is 8.20. The van der Waals surface area contributed by atoms with Gasteiger partial charge in [0.15, 0.2) is 0 Å². The number of hydrogen-bond acceptors (Lipinski definition) is 3. The summed E-state index contributed by atoms with van der Waals surface area (Å²) in [5.74, 6) is -0.00437. The standard InChI is InChI=1S/C19H22ClN3O/c1-14-7-8-16(11-18(14)20)22-19(24)13-23-10-9-17(12-23)21-15-5-3-2-4-6-15/h2-8,11,17,21H,9-10,12-13H2,1H3,(H,22,24). The van der Waals surface area contributed by atoms with Gasteiger partial charge in [-0.3, -0.25) is 9.69 Å². The van der Waals surface area contributed by atoms with E-state index in [-0.39, 0.29) is 5.91 Å². The maximum absolute atomic E-state index is 12.2. The summed E-state index contributed by atoms with van der Waals surface area (Å²) in [7, 11) is 0. The first-order chi connectivity index (χ1) is 11.6. The molecule has 2 aromatic carbocycles. The molecule has 1 amide bonds. The lowest BCUT2D eigenvalue weighted by Gasteiger charge is -2.17. The summed E-state index contributed by atoms with van der Waals surface area (Å²) in [5, 5.41) is 7.10. The van der Waals surface area contributed by atoms with E-state index in [1.807, 2.05) is 37.3 Å². The van der Waals surface area contributed by atoms with Crippen molar-refractivity contribution in [3.05, 3.63) is 59.1 Å². The fraction of sp³-hybridized carbons (Fsp3) is 0.316. The highest BCUT2D eigenvalue weighted by Crippen LogP contribution is 2.20. The van der Waals surface area contributed by atoms with E-state index in [4.69, 9.17) is 11.6 Å². The van der Waals surface area contributed by atoms with Crippen molar-refractivity contribution in [2.75, 3.05) is 30.3 Å². The molecule has 3 rings (SSSR count). The van der Waals surface area contributed by atoms with Gasteiger partial charge < -0.3 is 10.6 Å². The minimum atomic E-state index is -0.00437. The number of anilines is 2. The van der Waals surface area contributed by atoms with Crippen molar-refractivity contribution in [1.82, 2.24) is 4.90 Å². The molecule has 0 bridgehead atoms. The summed E-state index contributed by atoms with van der Waals surface area (Å²) in [6, 6.07) is 16.1. The number of carbonyl (C=O) groups excluding carboxylic acids is 1. The second-order valence-electron chi connectivity index (χ2n) is 6.24. The Balaban J connectivity index is 1.48. The van der Waals surface area contributed by atoms with Crippen LogP contribution in [0.25, 0.3) is 0 Å². The van der Waals surface area contributed by atoms with Crippen LogP contribution in [0.15, 0.2) is 48.5 Å². The average molecular weight is 344 g/mol. The number of likely N-dealkylation sites (tertiary alicyclic amines) is 1. The molecule has 0 aliphatic carbocycles. The number of carbonyl (C=O) groups is 1. The number of halogens is 1. The molecule has 1 unspecified atom stereocenters. The van der Waals surface area contributed by atoms with Gasteiger partial charge in [-0.05, 0) is 43.2 Å². The summed E-state index contributed by atoms with van der Waals surface area (Å²) in [6.07, 6.45) is 1.04. The van der Waals surface area contributed by atoms with E-state index in [0.717, 1.165) is 36.4 Å². The van der Waals surface area contributed by atoms with Crippen LogP contribution in [-0.4, -0.2) is 36.5 Å². The normalized spacial score (nSPS) is 17.7. The summed E-state index contributed by atoms with van der Waals surface area (Å²) in [4.78, 5) is 14.4. The largest absolute Gasteiger partial charge is 0.381 e. The van der Waals surface area contributed by atoms with Crippen molar-refractivity contribution in [3.63, 3.8) is 0 Å². The minimum absolute atomic E-state index is 0.00437. The Morgan fingerprint density at radius 2 is 2.00 bits per heavy atom. The van der Waals surface area contributed by atoms with Crippen molar-refractivity contribution in [1.29, 1.82) is 0 Å². The first-order valence-corrected chi connectivity index (χ1v) is 8.58. The molecule has 5 heteroatoms. The Hall–Kier alpha value is -2.04. The maximum Gasteiger partial charge on any atom is 0.238 e. The van der Waals surface area contributed by atoms with E-state index >= 15 is 0 Å². The Morgan fingerprint density at radius 3 is 2.75 bits per heavy atom. The molecule has 2 aromatic rings. The molecule has 1 aliphatic rings. The molecule has 1 heterocycles. The van der Waals surface area contributed by atoms with Crippen molar-refractivity contribution < 1.29 is 4.79 Å². The number of benzene rings is 2. The average Bonchev–Trinajstić information content (AvgIpc) is 2.99. The molecule has 2 N–H and O–H groups in total. The molecule has 4 nitrogen and oxygen atoms in total. The van der Waals surface area contributed by atoms with E-state index in [1.54, 1.807) is 6.07 Å². The van der Waals surface area contributed by atoms with Crippen LogP contribution in [0.5, 0.6) is 0 Å². The van der Waals surface area contributed by atoms with E-state index in [2.05, 4.69) is 27.7 Å². The zero-order valence-electron chi connectivity index (χ0n) is 13.8. The second-order valence-corrected chi connectivity index (χ2v) is 6.65. The zero-order valence-corrected chi connectivity index (χ0v) is 14.5. The fourth-order valence-corrected chi connectivity index (χ4v) is 3.12. The highest BCUT2D eigenvalue weighted by Gasteiger charge is 2.23. The van der Waals surface area contributed by atoms with E-state index in [9.17, 15) is 4.79 Å². The van der Waals surface area contributed by atoms with Gasteiger partial charge in [0.25, 0.3) is 0 Å². The highest BCUT2D eigenvalue weighted by molar-refractivity contribution is 6.31. The Labute approximate surface area is 147 Å². The van der Waals surface area contributed by atoms with Crippen LogP contribution in [0.2, 0.25) is 5.02 Å². The monoisotopic (exact) mass is 343 g/mol. The van der Waals surface area contributed by atoms with Gasteiger partial charge in [-0.25, -0.2) is 0 Å². The number of nitrogens with one attached hydrogen (secondary N) is 2. The van der Waals surface area contributed by atoms with Crippen molar-refractivity contribution in [2.45, 2.75) is 19.4 Å². The van der Waals surface area contributed by atoms with E-state index < -0.39 is 0 Å². The minimum Gasteiger partial charge on any atom is -0.381 e. The molecule has 126 valence electrons. The van der Waals surface area contributed by atoms with Crippen LogP contribution in [0.1, 0.15) is 12.0 Å². The predicted octanol–water partition coefficient (Wildman–Crippen LogP) is 3.77. The van der Waals surface area contributed by atoms with Gasteiger partial charge in [-0.1, -0.05) is 35.9 Å². The Kier molecular flexibility index (Phi) is 5.38. The van der Waals surface area contributed by atoms with Crippen LogP contribution in [-0.2, 0) is 4.79 Å². The third-order valence-electron chi connectivity index (χ3n) is 4.24. The first kappa shape index (κ1) is 16.8. The smallest absolute Gasteiger partial charge is 0.238 e.